The Hall–Kier alpha value is -0.660. The fraction of sp³-hybridized carbons (Fsp3) is 0.889. The summed E-state index contributed by atoms with van der Waals surface area (Å²) in [5, 5.41) is 3.20. The van der Waals surface area contributed by atoms with Crippen molar-refractivity contribution in [2.75, 3.05) is 25.9 Å². The van der Waals surface area contributed by atoms with E-state index in [2.05, 4.69) is 5.32 Å². The van der Waals surface area contributed by atoms with Gasteiger partial charge in [-0.25, -0.2) is 12.7 Å². The number of piperidine rings is 1. The van der Waals surface area contributed by atoms with Crippen molar-refractivity contribution in [3.63, 3.8) is 0 Å². The lowest BCUT2D eigenvalue weighted by Crippen LogP contribution is -2.45. The van der Waals surface area contributed by atoms with Gasteiger partial charge >= 0.3 is 0 Å². The molecule has 0 aromatic rings. The predicted octanol–water partition coefficient (Wildman–Crippen LogP) is -1.12. The number of nitrogens with two attached hydrogens (primary N) is 1. The van der Waals surface area contributed by atoms with E-state index < -0.39 is 10.0 Å². The molecule has 0 unspecified atom stereocenters. The van der Waals surface area contributed by atoms with E-state index >= 15 is 0 Å². The van der Waals surface area contributed by atoms with Crippen molar-refractivity contribution < 1.29 is 13.2 Å². The van der Waals surface area contributed by atoms with Crippen molar-refractivity contribution in [3.05, 3.63) is 0 Å². The molecule has 0 aromatic heterocycles. The lowest BCUT2D eigenvalue weighted by Gasteiger charge is -2.30. The third-order valence-corrected chi connectivity index (χ3v) is 4.03. The Labute approximate surface area is 96.2 Å². The van der Waals surface area contributed by atoms with Crippen LogP contribution in [0.4, 0.5) is 0 Å². The maximum Gasteiger partial charge on any atom is 0.218 e. The molecule has 0 saturated carbocycles. The molecule has 16 heavy (non-hydrogen) atoms. The Kier molecular flexibility index (Phi) is 4.69. The molecule has 0 atom stereocenters. The van der Waals surface area contributed by atoms with Crippen LogP contribution >= 0.6 is 0 Å². The summed E-state index contributed by atoms with van der Waals surface area (Å²) < 4.78 is 24.0. The number of carbonyl (C=O) groups is 1. The van der Waals surface area contributed by atoms with Crippen LogP contribution in [0, 0.1) is 0 Å². The third-order valence-electron chi connectivity index (χ3n) is 2.73. The minimum atomic E-state index is -3.05. The summed E-state index contributed by atoms with van der Waals surface area (Å²) in [6, 6.07) is 0.289. The Morgan fingerprint density at radius 1 is 1.44 bits per heavy atom. The van der Waals surface area contributed by atoms with E-state index in [-0.39, 0.29) is 11.9 Å². The molecular formula is C9H19N3O3S. The van der Waals surface area contributed by atoms with Gasteiger partial charge in [-0.3, -0.25) is 4.79 Å². The molecule has 0 spiro atoms. The molecule has 0 aromatic carbocycles. The zero-order valence-electron chi connectivity index (χ0n) is 9.48. The number of amides is 1. The zero-order valence-corrected chi connectivity index (χ0v) is 10.3. The molecule has 94 valence electrons. The topological polar surface area (TPSA) is 92.5 Å². The van der Waals surface area contributed by atoms with Gasteiger partial charge in [0, 0.05) is 32.1 Å². The Morgan fingerprint density at radius 2 is 2.00 bits per heavy atom. The minimum Gasteiger partial charge on any atom is -0.370 e. The Morgan fingerprint density at radius 3 is 2.44 bits per heavy atom. The van der Waals surface area contributed by atoms with Gasteiger partial charge in [-0.05, 0) is 12.8 Å². The summed E-state index contributed by atoms with van der Waals surface area (Å²) in [5.41, 5.74) is 5.02. The number of sulfonamides is 1. The number of nitrogens with zero attached hydrogens (tertiary/aromatic N) is 1. The Bertz CT molecular complexity index is 334. The molecule has 0 bridgehead atoms. The predicted molar refractivity (Wildman–Crippen MR) is 61.3 cm³/mol. The van der Waals surface area contributed by atoms with Gasteiger partial charge in [0.2, 0.25) is 15.9 Å². The highest BCUT2D eigenvalue weighted by Crippen LogP contribution is 2.12. The maximum absolute atomic E-state index is 11.2. The normalized spacial score (nSPS) is 19.8. The summed E-state index contributed by atoms with van der Waals surface area (Å²) in [4.78, 5) is 10.5. The highest BCUT2D eigenvalue weighted by molar-refractivity contribution is 7.88. The maximum atomic E-state index is 11.2. The zero-order chi connectivity index (χ0) is 12.2. The minimum absolute atomic E-state index is 0.289. The van der Waals surface area contributed by atoms with Crippen LogP contribution < -0.4 is 11.1 Å². The van der Waals surface area contributed by atoms with Gasteiger partial charge in [0.1, 0.15) is 0 Å². The van der Waals surface area contributed by atoms with Gasteiger partial charge in [0.05, 0.1) is 6.26 Å². The largest absolute Gasteiger partial charge is 0.370 e. The molecular weight excluding hydrogens is 230 g/mol. The average Bonchev–Trinajstić information content (AvgIpc) is 2.16. The third kappa shape index (κ3) is 4.46. The van der Waals surface area contributed by atoms with E-state index in [0.717, 1.165) is 12.8 Å². The lowest BCUT2D eigenvalue weighted by atomic mass is 10.1. The van der Waals surface area contributed by atoms with Crippen molar-refractivity contribution >= 4 is 15.9 Å². The first-order chi connectivity index (χ1) is 7.39. The van der Waals surface area contributed by atoms with Crippen LogP contribution in [0.3, 0.4) is 0 Å². The molecule has 1 rings (SSSR count). The van der Waals surface area contributed by atoms with Gasteiger partial charge in [0.25, 0.3) is 0 Å². The van der Waals surface area contributed by atoms with Gasteiger partial charge < -0.3 is 11.1 Å². The van der Waals surface area contributed by atoms with E-state index in [0.29, 0.717) is 26.1 Å². The molecule has 0 radical (unpaired) electrons. The van der Waals surface area contributed by atoms with E-state index in [9.17, 15) is 13.2 Å². The molecule has 1 saturated heterocycles. The van der Waals surface area contributed by atoms with E-state index in [1.54, 1.807) is 0 Å². The van der Waals surface area contributed by atoms with Crippen LogP contribution in [0.2, 0.25) is 0 Å². The highest BCUT2D eigenvalue weighted by atomic mass is 32.2. The second-order valence-electron chi connectivity index (χ2n) is 4.11. The van der Waals surface area contributed by atoms with Gasteiger partial charge in [-0.15, -0.1) is 0 Å². The number of hydrogen-bond donors (Lipinski definition) is 2. The van der Waals surface area contributed by atoms with E-state index in [1.807, 2.05) is 0 Å². The molecule has 1 aliphatic rings. The standard InChI is InChI=1S/C9H19N3O3S/c1-16(14,15)12-6-3-8(4-7-12)11-5-2-9(10)13/h8,11H,2-7H2,1H3,(H2,10,13). The first-order valence-corrected chi connectivity index (χ1v) is 7.21. The SMILES string of the molecule is CS(=O)(=O)N1CCC(NCCC(N)=O)CC1. The molecule has 1 amide bonds. The van der Waals surface area contributed by atoms with Gasteiger partial charge in [-0.2, -0.15) is 0 Å². The number of nitrogens with one attached hydrogen (secondary N) is 1. The molecule has 1 heterocycles. The molecule has 7 heteroatoms. The molecule has 1 fully saturated rings. The van der Waals surface area contributed by atoms with Crippen molar-refractivity contribution in [3.8, 4) is 0 Å². The lowest BCUT2D eigenvalue weighted by molar-refractivity contribution is -0.117. The van der Waals surface area contributed by atoms with Crippen molar-refractivity contribution in [1.29, 1.82) is 0 Å². The number of carbonyl (C=O) groups excluding carboxylic acids is 1. The quantitative estimate of drug-likeness (QED) is 0.645. The first-order valence-electron chi connectivity index (χ1n) is 5.36. The summed E-state index contributed by atoms with van der Waals surface area (Å²) >= 11 is 0. The fourth-order valence-corrected chi connectivity index (χ4v) is 2.67. The smallest absolute Gasteiger partial charge is 0.218 e. The summed E-state index contributed by atoms with van der Waals surface area (Å²) in [6.07, 6.45) is 3.12. The van der Waals surface area contributed by atoms with E-state index in [1.165, 1.54) is 10.6 Å². The summed E-state index contributed by atoms with van der Waals surface area (Å²) in [7, 11) is -3.05. The first kappa shape index (κ1) is 13.4. The number of primary amides is 1. The monoisotopic (exact) mass is 249 g/mol. The van der Waals surface area contributed by atoms with Crippen molar-refractivity contribution in [2.24, 2.45) is 5.73 Å². The van der Waals surface area contributed by atoms with Crippen LogP contribution in [-0.4, -0.2) is 50.6 Å². The van der Waals surface area contributed by atoms with Crippen LogP contribution in [0.25, 0.3) is 0 Å². The summed E-state index contributed by atoms with van der Waals surface area (Å²) in [5.74, 6) is -0.318. The van der Waals surface area contributed by atoms with Gasteiger partial charge in [0.15, 0.2) is 0 Å². The molecule has 3 N–H and O–H groups in total. The van der Waals surface area contributed by atoms with Crippen molar-refractivity contribution in [2.45, 2.75) is 25.3 Å². The van der Waals surface area contributed by atoms with E-state index in [4.69, 9.17) is 5.73 Å². The van der Waals surface area contributed by atoms with Crippen LogP contribution in [0.15, 0.2) is 0 Å². The molecule has 6 nitrogen and oxygen atoms in total. The second kappa shape index (κ2) is 5.60. The summed E-state index contributed by atoms with van der Waals surface area (Å²) in [6.45, 7) is 1.67. The van der Waals surface area contributed by atoms with Crippen molar-refractivity contribution in [1.82, 2.24) is 9.62 Å². The molecule has 1 aliphatic heterocycles. The number of hydrogen-bond acceptors (Lipinski definition) is 4. The van der Waals surface area contributed by atoms with Gasteiger partial charge in [-0.1, -0.05) is 0 Å². The van der Waals surface area contributed by atoms with Crippen LogP contribution in [-0.2, 0) is 14.8 Å². The Balaban J connectivity index is 2.25. The fourth-order valence-electron chi connectivity index (χ4n) is 1.79. The highest BCUT2D eigenvalue weighted by Gasteiger charge is 2.24. The second-order valence-corrected chi connectivity index (χ2v) is 6.09. The average molecular weight is 249 g/mol. The van der Waals surface area contributed by atoms with Crippen LogP contribution in [0.5, 0.6) is 0 Å². The molecule has 0 aliphatic carbocycles. The van der Waals surface area contributed by atoms with Crippen LogP contribution in [0.1, 0.15) is 19.3 Å². The number of rotatable bonds is 5.